The zero-order valence-corrected chi connectivity index (χ0v) is 12.9. The van der Waals surface area contributed by atoms with Gasteiger partial charge in [0.2, 0.25) is 0 Å². The molecule has 5 heteroatoms. The van der Waals surface area contributed by atoms with Crippen molar-refractivity contribution in [1.29, 1.82) is 0 Å². The van der Waals surface area contributed by atoms with Gasteiger partial charge in [-0.2, -0.15) is 0 Å². The van der Waals surface area contributed by atoms with Crippen LogP contribution in [0.5, 0.6) is 0 Å². The summed E-state index contributed by atoms with van der Waals surface area (Å²) in [6, 6.07) is 0. The van der Waals surface area contributed by atoms with Gasteiger partial charge in [0.1, 0.15) is 0 Å². The molecule has 0 spiro atoms. The normalized spacial score (nSPS) is 17.2. The number of nitrogens with zero attached hydrogens (tertiary/aromatic N) is 3. The smallest absolute Gasteiger partial charge is 0.195 e. The van der Waals surface area contributed by atoms with Crippen molar-refractivity contribution < 1.29 is 0 Å². The Labute approximate surface area is 123 Å². The number of anilines is 1. The van der Waals surface area contributed by atoms with Gasteiger partial charge in [-0.1, -0.05) is 19.3 Å². The number of aromatic nitrogens is 2. The molecule has 0 saturated heterocycles. The van der Waals surface area contributed by atoms with E-state index in [9.17, 15) is 0 Å². The van der Waals surface area contributed by atoms with Crippen molar-refractivity contribution in [2.24, 2.45) is 5.92 Å². The van der Waals surface area contributed by atoms with Gasteiger partial charge >= 0.3 is 0 Å². The Kier molecular flexibility index (Phi) is 3.99. The highest BCUT2D eigenvalue weighted by molar-refractivity contribution is 7.15. The fraction of sp³-hybridized carbons (Fsp3) is 0.643. The zero-order chi connectivity index (χ0) is 13.2. The Morgan fingerprint density at radius 2 is 2.21 bits per heavy atom. The summed E-state index contributed by atoms with van der Waals surface area (Å²) in [4.78, 5) is 8.07. The van der Waals surface area contributed by atoms with Crippen molar-refractivity contribution >= 4 is 33.7 Å². The molecule has 0 radical (unpaired) electrons. The van der Waals surface area contributed by atoms with E-state index in [-0.39, 0.29) is 0 Å². The van der Waals surface area contributed by atoms with Gasteiger partial charge in [0.15, 0.2) is 10.8 Å². The lowest BCUT2D eigenvalue weighted by Crippen LogP contribution is -2.27. The van der Waals surface area contributed by atoms with Gasteiger partial charge in [-0.25, -0.2) is 4.98 Å². The fourth-order valence-corrected chi connectivity index (χ4v) is 4.07. The van der Waals surface area contributed by atoms with Crippen molar-refractivity contribution in [3.8, 4) is 0 Å². The first-order valence-electron chi connectivity index (χ1n) is 7.01. The molecule has 2 aromatic rings. The molecule has 0 amide bonds. The average molecular weight is 298 g/mol. The lowest BCUT2D eigenvalue weighted by Gasteiger charge is -2.27. The molecule has 1 fully saturated rings. The van der Waals surface area contributed by atoms with Crippen molar-refractivity contribution in [2.75, 3.05) is 18.5 Å². The van der Waals surface area contributed by atoms with E-state index in [0.717, 1.165) is 28.9 Å². The van der Waals surface area contributed by atoms with Crippen LogP contribution in [-0.2, 0) is 5.88 Å². The van der Waals surface area contributed by atoms with Crippen molar-refractivity contribution in [3.63, 3.8) is 0 Å². The standard InChI is InChI=1S/C14H20ClN3S/c1-17(10-11-5-3-2-4-6-11)13-12(9-15)18-7-8-19-14(18)16-13/h7-8,11H,2-6,9-10H2,1H3. The molecule has 19 heavy (non-hydrogen) atoms. The van der Waals surface area contributed by atoms with Crippen LogP contribution in [0.3, 0.4) is 0 Å². The van der Waals surface area contributed by atoms with E-state index in [2.05, 4.69) is 27.9 Å². The highest BCUT2D eigenvalue weighted by Gasteiger charge is 2.20. The van der Waals surface area contributed by atoms with E-state index in [1.807, 2.05) is 0 Å². The summed E-state index contributed by atoms with van der Waals surface area (Å²) in [5.41, 5.74) is 1.12. The SMILES string of the molecule is CN(CC1CCCCC1)c1nc2sccn2c1CCl. The van der Waals surface area contributed by atoms with E-state index >= 15 is 0 Å². The van der Waals surface area contributed by atoms with Crippen molar-refractivity contribution in [3.05, 3.63) is 17.3 Å². The number of fused-ring (bicyclic) bond motifs is 1. The number of hydrogen-bond acceptors (Lipinski definition) is 3. The number of thiazole rings is 1. The van der Waals surface area contributed by atoms with E-state index in [4.69, 9.17) is 16.6 Å². The predicted molar refractivity (Wildman–Crippen MR) is 82.5 cm³/mol. The van der Waals surface area contributed by atoms with Gasteiger partial charge < -0.3 is 4.90 Å². The van der Waals surface area contributed by atoms with Crippen LogP contribution >= 0.6 is 22.9 Å². The van der Waals surface area contributed by atoms with Crippen LogP contribution in [0.4, 0.5) is 5.82 Å². The van der Waals surface area contributed by atoms with Gasteiger partial charge in [-0.15, -0.1) is 22.9 Å². The van der Waals surface area contributed by atoms with Crippen LogP contribution in [0, 0.1) is 5.92 Å². The first kappa shape index (κ1) is 13.3. The van der Waals surface area contributed by atoms with E-state index in [1.54, 1.807) is 11.3 Å². The Hall–Kier alpha value is -0.740. The Morgan fingerprint density at radius 1 is 1.42 bits per heavy atom. The van der Waals surface area contributed by atoms with Gasteiger partial charge in [-0.05, 0) is 18.8 Å². The summed E-state index contributed by atoms with van der Waals surface area (Å²) in [5, 5.41) is 2.06. The molecule has 0 aromatic carbocycles. The Morgan fingerprint density at radius 3 is 2.95 bits per heavy atom. The fourth-order valence-electron chi connectivity index (χ4n) is 3.09. The molecule has 0 unspecified atom stereocenters. The maximum absolute atomic E-state index is 6.11. The molecule has 2 aromatic heterocycles. The summed E-state index contributed by atoms with van der Waals surface area (Å²) in [7, 11) is 2.15. The molecule has 0 N–H and O–H groups in total. The summed E-state index contributed by atoms with van der Waals surface area (Å²) in [6.07, 6.45) is 8.97. The van der Waals surface area contributed by atoms with Gasteiger partial charge in [0.05, 0.1) is 11.6 Å². The second-order valence-electron chi connectivity index (χ2n) is 5.46. The minimum absolute atomic E-state index is 0.516. The Balaban J connectivity index is 1.79. The summed E-state index contributed by atoms with van der Waals surface area (Å²) in [5.74, 6) is 2.40. The molecule has 0 bridgehead atoms. The first-order valence-corrected chi connectivity index (χ1v) is 8.42. The van der Waals surface area contributed by atoms with Crippen LogP contribution in [0.1, 0.15) is 37.8 Å². The molecule has 3 nitrogen and oxygen atoms in total. The van der Waals surface area contributed by atoms with Crippen LogP contribution in [-0.4, -0.2) is 23.0 Å². The van der Waals surface area contributed by atoms with E-state index in [0.29, 0.717) is 5.88 Å². The topological polar surface area (TPSA) is 20.5 Å². The molecule has 0 atom stereocenters. The number of alkyl halides is 1. The number of rotatable bonds is 4. The average Bonchev–Trinajstić information content (AvgIpc) is 2.99. The number of halogens is 1. The van der Waals surface area contributed by atoms with Crippen LogP contribution in [0.25, 0.3) is 4.96 Å². The van der Waals surface area contributed by atoms with Gasteiger partial charge in [0.25, 0.3) is 0 Å². The molecule has 1 aliphatic carbocycles. The second-order valence-corrected chi connectivity index (χ2v) is 6.60. The minimum Gasteiger partial charge on any atom is -0.358 e. The molecule has 1 aliphatic rings. The van der Waals surface area contributed by atoms with Gasteiger partial charge in [-0.3, -0.25) is 4.40 Å². The molecule has 1 saturated carbocycles. The van der Waals surface area contributed by atoms with Crippen molar-refractivity contribution in [1.82, 2.24) is 9.38 Å². The van der Waals surface area contributed by atoms with E-state index in [1.165, 1.54) is 32.1 Å². The maximum atomic E-state index is 6.11. The van der Waals surface area contributed by atoms with E-state index < -0.39 is 0 Å². The summed E-state index contributed by atoms with van der Waals surface area (Å²) < 4.78 is 2.12. The highest BCUT2D eigenvalue weighted by Crippen LogP contribution is 2.29. The summed E-state index contributed by atoms with van der Waals surface area (Å²) >= 11 is 7.78. The Bertz CT molecular complexity index is 542. The third-order valence-electron chi connectivity index (χ3n) is 4.08. The molecular weight excluding hydrogens is 278 g/mol. The third-order valence-corrected chi connectivity index (χ3v) is 5.09. The molecule has 0 aliphatic heterocycles. The predicted octanol–water partition coefficient (Wildman–Crippen LogP) is 4.15. The summed E-state index contributed by atoms with van der Waals surface area (Å²) in [6.45, 7) is 1.11. The van der Waals surface area contributed by atoms with Crippen LogP contribution < -0.4 is 4.90 Å². The first-order chi connectivity index (χ1) is 9.29. The quantitative estimate of drug-likeness (QED) is 0.790. The zero-order valence-electron chi connectivity index (χ0n) is 11.3. The van der Waals surface area contributed by atoms with Gasteiger partial charge in [0, 0.05) is 25.2 Å². The monoisotopic (exact) mass is 297 g/mol. The molecular formula is C14H20ClN3S. The second kappa shape index (κ2) is 5.71. The minimum atomic E-state index is 0.516. The third kappa shape index (κ3) is 2.61. The lowest BCUT2D eigenvalue weighted by atomic mass is 9.89. The van der Waals surface area contributed by atoms with Crippen molar-refractivity contribution in [2.45, 2.75) is 38.0 Å². The molecule has 3 rings (SSSR count). The molecule has 104 valence electrons. The molecule has 2 heterocycles. The van der Waals surface area contributed by atoms with Crippen LogP contribution in [0.15, 0.2) is 11.6 Å². The lowest BCUT2D eigenvalue weighted by molar-refractivity contribution is 0.361. The maximum Gasteiger partial charge on any atom is 0.195 e. The van der Waals surface area contributed by atoms with Crippen LogP contribution in [0.2, 0.25) is 0 Å². The largest absolute Gasteiger partial charge is 0.358 e. The number of imidazole rings is 1. The highest BCUT2D eigenvalue weighted by atomic mass is 35.5. The number of hydrogen-bond donors (Lipinski definition) is 0.